The normalized spacial score (nSPS) is 17.3. The van der Waals surface area contributed by atoms with Gasteiger partial charge in [0.1, 0.15) is 11.6 Å². The molecule has 1 fully saturated rings. The number of rotatable bonds is 7. The second-order valence-corrected chi connectivity index (χ2v) is 8.85. The molecule has 1 aromatic carbocycles. The smallest absolute Gasteiger partial charge is 0.215 e. The minimum Gasteiger partial charge on any atom is -0.379 e. The molecule has 2 aromatic rings. The van der Waals surface area contributed by atoms with Crippen LogP contribution in [0.15, 0.2) is 35.7 Å². The third-order valence-corrected chi connectivity index (χ3v) is 6.43. The van der Waals surface area contributed by atoms with E-state index >= 15 is 0 Å². The summed E-state index contributed by atoms with van der Waals surface area (Å²) in [5.74, 6) is -2.05. The lowest BCUT2D eigenvalue weighted by atomic mass is 10.2. The van der Waals surface area contributed by atoms with Crippen LogP contribution in [0.4, 0.5) is 8.78 Å². The summed E-state index contributed by atoms with van der Waals surface area (Å²) in [4.78, 5) is 3.24. The maximum Gasteiger partial charge on any atom is 0.215 e. The van der Waals surface area contributed by atoms with E-state index in [2.05, 4.69) is 9.62 Å². The quantitative estimate of drug-likeness (QED) is 0.773. The van der Waals surface area contributed by atoms with E-state index in [1.165, 1.54) is 0 Å². The number of hydrogen-bond donors (Lipinski definition) is 1. The van der Waals surface area contributed by atoms with Crippen molar-refractivity contribution in [2.45, 2.75) is 11.8 Å². The average Bonchev–Trinajstić information content (AvgIpc) is 3.09. The van der Waals surface area contributed by atoms with Crippen LogP contribution in [-0.2, 0) is 20.5 Å². The molecule has 1 atom stereocenters. The molecule has 9 heteroatoms. The molecule has 0 spiro atoms. The monoisotopic (exact) mass is 402 g/mol. The molecule has 3 rings (SSSR count). The molecule has 0 amide bonds. The lowest BCUT2D eigenvalue weighted by molar-refractivity contribution is 0.0179. The van der Waals surface area contributed by atoms with Crippen molar-refractivity contribution in [1.82, 2.24) is 9.62 Å². The van der Waals surface area contributed by atoms with E-state index in [-0.39, 0.29) is 18.2 Å². The number of morpholine rings is 1. The van der Waals surface area contributed by atoms with Crippen molar-refractivity contribution in [3.8, 4) is 0 Å². The summed E-state index contributed by atoms with van der Waals surface area (Å²) in [7, 11) is -3.73. The minimum absolute atomic E-state index is 0.0778. The van der Waals surface area contributed by atoms with Gasteiger partial charge >= 0.3 is 0 Å². The summed E-state index contributed by atoms with van der Waals surface area (Å²) >= 11 is 1.57. The van der Waals surface area contributed by atoms with Crippen molar-refractivity contribution in [3.05, 3.63) is 57.8 Å². The van der Waals surface area contributed by atoms with Gasteiger partial charge < -0.3 is 4.74 Å². The molecular formula is C17H20F2N2O3S2. The summed E-state index contributed by atoms with van der Waals surface area (Å²) in [5, 5.41) is 1.95. The average molecular weight is 402 g/mol. The number of nitrogens with zero attached hydrogens (tertiary/aromatic N) is 1. The maximum absolute atomic E-state index is 13.3. The highest BCUT2D eigenvalue weighted by molar-refractivity contribution is 7.88. The largest absolute Gasteiger partial charge is 0.379 e. The van der Waals surface area contributed by atoms with Gasteiger partial charge in [0.25, 0.3) is 0 Å². The lowest BCUT2D eigenvalue weighted by Gasteiger charge is -2.34. The van der Waals surface area contributed by atoms with Gasteiger partial charge in [-0.25, -0.2) is 21.9 Å². The topological polar surface area (TPSA) is 58.6 Å². The molecular weight excluding hydrogens is 382 g/mol. The zero-order valence-corrected chi connectivity index (χ0v) is 15.7. The third kappa shape index (κ3) is 5.31. The van der Waals surface area contributed by atoms with Crippen LogP contribution in [0, 0.1) is 11.6 Å². The highest BCUT2D eigenvalue weighted by atomic mass is 32.2. The number of thiophene rings is 1. The second-order valence-electron chi connectivity index (χ2n) is 6.06. The molecule has 0 saturated carbocycles. The molecule has 0 aliphatic carbocycles. The summed E-state index contributed by atoms with van der Waals surface area (Å²) in [6, 6.07) is 6.58. The standard InChI is InChI=1S/C17H20F2N2O3S2/c18-14-8-13(9-15(19)10-14)12-26(22,23)20-11-16(17-2-1-7-25-17)21-3-5-24-6-4-21/h1-2,7-10,16,20H,3-6,11-12H2. The number of hydrogen-bond acceptors (Lipinski definition) is 5. The lowest BCUT2D eigenvalue weighted by Crippen LogP contribution is -2.43. The van der Waals surface area contributed by atoms with Crippen LogP contribution in [0.25, 0.3) is 0 Å². The molecule has 1 aromatic heterocycles. The molecule has 1 N–H and O–H groups in total. The molecule has 1 aliphatic heterocycles. The van der Waals surface area contributed by atoms with Crippen LogP contribution in [0.3, 0.4) is 0 Å². The van der Waals surface area contributed by atoms with Crippen LogP contribution in [0.1, 0.15) is 16.5 Å². The number of halogens is 2. The van der Waals surface area contributed by atoms with Crippen molar-refractivity contribution in [3.63, 3.8) is 0 Å². The van der Waals surface area contributed by atoms with Crippen LogP contribution in [0.5, 0.6) is 0 Å². The summed E-state index contributed by atoms with van der Waals surface area (Å²) in [6.07, 6.45) is 0. The molecule has 0 radical (unpaired) electrons. The first-order valence-electron chi connectivity index (χ1n) is 8.20. The molecule has 26 heavy (non-hydrogen) atoms. The van der Waals surface area contributed by atoms with Crippen LogP contribution in [0.2, 0.25) is 0 Å². The van der Waals surface area contributed by atoms with Crippen LogP contribution in [-0.4, -0.2) is 46.2 Å². The van der Waals surface area contributed by atoms with Gasteiger partial charge in [-0.3, -0.25) is 4.90 Å². The van der Waals surface area contributed by atoms with E-state index < -0.39 is 27.4 Å². The van der Waals surface area contributed by atoms with Crippen molar-refractivity contribution >= 4 is 21.4 Å². The van der Waals surface area contributed by atoms with Gasteiger partial charge in [-0.1, -0.05) is 6.07 Å². The molecule has 2 heterocycles. The highest BCUT2D eigenvalue weighted by Gasteiger charge is 2.25. The predicted molar refractivity (Wildman–Crippen MR) is 96.4 cm³/mol. The van der Waals surface area contributed by atoms with Gasteiger partial charge in [-0.15, -0.1) is 11.3 Å². The predicted octanol–water partition coefficient (Wildman–Crippen LogP) is 2.52. The zero-order valence-electron chi connectivity index (χ0n) is 14.0. The van der Waals surface area contributed by atoms with Gasteiger partial charge in [0, 0.05) is 30.6 Å². The highest BCUT2D eigenvalue weighted by Crippen LogP contribution is 2.25. The van der Waals surface area contributed by atoms with Gasteiger partial charge in [-0.2, -0.15) is 0 Å². The Balaban J connectivity index is 1.69. The number of benzene rings is 1. The fraction of sp³-hybridized carbons (Fsp3) is 0.412. The first kappa shape index (κ1) is 19.4. The van der Waals surface area contributed by atoms with E-state index in [9.17, 15) is 17.2 Å². The van der Waals surface area contributed by atoms with Gasteiger partial charge in [0.2, 0.25) is 10.0 Å². The molecule has 1 aliphatic rings. The van der Waals surface area contributed by atoms with Crippen molar-refractivity contribution in [2.24, 2.45) is 0 Å². The Morgan fingerprint density at radius 2 is 1.88 bits per heavy atom. The molecule has 142 valence electrons. The summed E-state index contributed by atoms with van der Waals surface area (Å²) < 4.78 is 59.3. The Kier molecular flexibility index (Phi) is 6.36. The molecule has 1 unspecified atom stereocenters. The Morgan fingerprint density at radius 1 is 1.19 bits per heavy atom. The van der Waals surface area contributed by atoms with Gasteiger partial charge in [0.15, 0.2) is 0 Å². The third-order valence-electron chi connectivity index (χ3n) is 4.13. The minimum atomic E-state index is -3.73. The first-order valence-corrected chi connectivity index (χ1v) is 10.7. The fourth-order valence-electron chi connectivity index (χ4n) is 2.95. The molecule has 0 bridgehead atoms. The Bertz CT molecular complexity index is 802. The number of sulfonamides is 1. The van der Waals surface area contributed by atoms with E-state index in [1.807, 2.05) is 17.5 Å². The van der Waals surface area contributed by atoms with Crippen molar-refractivity contribution < 1.29 is 21.9 Å². The van der Waals surface area contributed by atoms with Gasteiger partial charge in [-0.05, 0) is 29.1 Å². The fourth-order valence-corrected chi connectivity index (χ4v) is 4.93. The van der Waals surface area contributed by atoms with E-state index in [0.717, 1.165) is 36.2 Å². The van der Waals surface area contributed by atoms with Gasteiger partial charge in [0.05, 0.1) is 25.0 Å². The Labute approximate surface area is 155 Å². The van der Waals surface area contributed by atoms with Crippen LogP contribution >= 0.6 is 11.3 Å². The first-order chi connectivity index (χ1) is 12.4. The number of ether oxygens (including phenoxy) is 1. The molecule has 1 saturated heterocycles. The van der Waals surface area contributed by atoms with E-state index in [4.69, 9.17) is 4.74 Å². The molecule has 5 nitrogen and oxygen atoms in total. The Morgan fingerprint density at radius 3 is 2.50 bits per heavy atom. The van der Waals surface area contributed by atoms with Crippen molar-refractivity contribution in [1.29, 1.82) is 0 Å². The Hall–Kier alpha value is -1.39. The van der Waals surface area contributed by atoms with E-state index in [1.54, 1.807) is 11.3 Å². The maximum atomic E-state index is 13.3. The summed E-state index contributed by atoms with van der Waals surface area (Å²) in [5.41, 5.74) is 0.0778. The second kappa shape index (κ2) is 8.53. The SMILES string of the molecule is O=S(=O)(Cc1cc(F)cc(F)c1)NCC(c1cccs1)N1CCOCC1. The zero-order chi connectivity index (χ0) is 18.6. The van der Waals surface area contributed by atoms with Crippen molar-refractivity contribution in [2.75, 3.05) is 32.8 Å². The summed E-state index contributed by atoms with van der Waals surface area (Å²) in [6.45, 7) is 2.85. The van der Waals surface area contributed by atoms with Crippen LogP contribution < -0.4 is 4.72 Å². The number of nitrogens with one attached hydrogen (secondary N) is 1. The van der Waals surface area contributed by atoms with E-state index in [0.29, 0.717) is 13.2 Å².